The van der Waals surface area contributed by atoms with Crippen LogP contribution in [0.25, 0.3) is 0 Å². The first-order valence-electron chi connectivity index (χ1n) is 6.44. The van der Waals surface area contributed by atoms with E-state index in [1.165, 1.54) is 0 Å². The van der Waals surface area contributed by atoms with Gasteiger partial charge in [-0.3, -0.25) is 0 Å². The maximum absolute atomic E-state index is 6.11. The maximum atomic E-state index is 6.11. The van der Waals surface area contributed by atoms with Crippen LogP contribution >= 0.6 is 15.9 Å². The summed E-state index contributed by atoms with van der Waals surface area (Å²) in [5.41, 5.74) is 1.14. The summed E-state index contributed by atoms with van der Waals surface area (Å²) >= 11 is 3.51. The summed E-state index contributed by atoms with van der Waals surface area (Å²) in [6.07, 6.45) is -0.0362. The van der Waals surface area contributed by atoms with Gasteiger partial charge in [-0.25, -0.2) is 0 Å². The molecule has 2 rings (SSSR count). The molecule has 1 atom stereocenters. The van der Waals surface area contributed by atoms with Crippen molar-refractivity contribution in [2.45, 2.75) is 6.10 Å². The van der Waals surface area contributed by atoms with Gasteiger partial charge in [0, 0.05) is 6.54 Å². The van der Waals surface area contributed by atoms with Gasteiger partial charge < -0.3 is 14.8 Å². The van der Waals surface area contributed by atoms with E-state index in [2.05, 4.69) is 33.4 Å². The van der Waals surface area contributed by atoms with E-state index in [-0.39, 0.29) is 6.10 Å². The number of rotatable bonds is 6. The van der Waals surface area contributed by atoms with Crippen LogP contribution in [0.2, 0.25) is 0 Å². The predicted molar refractivity (Wildman–Crippen MR) is 84.4 cm³/mol. The molecule has 1 unspecified atom stereocenters. The lowest BCUT2D eigenvalue weighted by molar-refractivity contribution is 0.203. The molecule has 0 aliphatic carbocycles. The molecule has 3 nitrogen and oxygen atoms in total. The molecular weight excluding hydrogens is 318 g/mol. The molecule has 0 aromatic heterocycles. The van der Waals surface area contributed by atoms with Crippen LogP contribution < -0.4 is 14.8 Å². The van der Waals surface area contributed by atoms with Gasteiger partial charge in [0.1, 0.15) is 17.6 Å². The second-order valence-corrected chi connectivity index (χ2v) is 5.23. The minimum Gasteiger partial charge on any atom is -0.497 e. The molecule has 20 heavy (non-hydrogen) atoms. The first kappa shape index (κ1) is 14.9. The molecule has 0 saturated carbocycles. The molecule has 0 spiro atoms. The molecule has 0 radical (unpaired) electrons. The summed E-state index contributed by atoms with van der Waals surface area (Å²) in [5.74, 6) is 1.60. The minimum absolute atomic E-state index is 0.0362. The highest BCUT2D eigenvalue weighted by molar-refractivity contribution is 9.10. The van der Waals surface area contributed by atoms with E-state index in [1.54, 1.807) is 7.11 Å². The van der Waals surface area contributed by atoms with Crippen LogP contribution in [0.5, 0.6) is 11.5 Å². The lowest BCUT2D eigenvalue weighted by atomic mass is 10.1. The van der Waals surface area contributed by atoms with Gasteiger partial charge in [-0.1, -0.05) is 30.3 Å². The normalized spacial score (nSPS) is 11.9. The Hall–Kier alpha value is -1.52. The van der Waals surface area contributed by atoms with E-state index in [9.17, 15) is 0 Å². The van der Waals surface area contributed by atoms with Crippen LogP contribution in [0, 0.1) is 0 Å². The number of hydrogen-bond acceptors (Lipinski definition) is 3. The topological polar surface area (TPSA) is 30.5 Å². The molecule has 0 saturated heterocycles. The van der Waals surface area contributed by atoms with Crippen molar-refractivity contribution in [1.29, 1.82) is 0 Å². The summed E-state index contributed by atoms with van der Waals surface area (Å²) < 4.78 is 12.2. The predicted octanol–water partition coefficient (Wildman–Crippen LogP) is 3.80. The smallest absolute Gasteiger partial charge is 0.136 e. The van der Waals surface area contributed by atoms with Crippen LogP contribution in [0.4, 0.5) is 0 Å². The quantitative estimate of drug-likeness (QED) is 0.870. The van der Waals surface area contributed by atoms with Crippen LogP contribution in [-0.2, 0) is 0 Å². The van der Waals surface area contributed by atoms with Crippen LogP contribution in [-0.4, -0.2) is 20.7 Å². The zero-order valence-electron chi connectivity index (χ0n) is 11.6. The number of benzene rings is 2. The highest BCUT2D eigenvalue weighted by Crippen LogP contribution is 2.32. The molecule has 2 aromatic rings. The average Bonchev–Trinajstić information content (AvgIpc) is 2.49. The number of likely N-dealkylation sites (N-methyl/N-ethyl adjacent to an activating group) is 1. The van der Waals surface area contributed by atoms with Gasteiger partial charge >= 0.3 is 0 Å². The van der Waals surface area contributed by atoms with Crippen molar-refractivity contribution in [3.8, 4) is 11.5 Å². The third-order valence-electron chi connectivity index (χ3n) is 2.97. The van der Waals surface area contributed by atoms with E-state index in [0.29, 0.717) is 0 Å². The molecule has 0 amide bonds. The second kappa shape index (κ2) is 7.31. The molecule has 0 heterocycles. The Balaban J connectivity index is 2.20. The molecular formula is C16H18BrNO2. The Kier molecular flexibility index (Phi) is 5.44. The maximum Gasteiger partial charge on any atom is 0.136 e. The zero-order valence-corrected chi connectivity index (χ0v) is 13.2. The Morgan fingerprint density at radius 1 is 1.15 bits per heavy atom. The van der Waals surface area contributed by atoms with Crippen molar-refractivity contribution in [2.75, 3.05) is 20.7 Å². The fraction of sp³-hybridized carbons (Fsp3) is 0.250. The summed E-state index contributed by atoms with van der Waals surface area (Å²) in [7, 11) is 3.57. The fourth-order valence-electron chi connectivity index (χ4n) is 1.94. The van der Waals surface area contributed by atoms with Gasteiger partial charge in [0.15, 0.2) is 0 Å². The molecule has 1 N–H and O–H groups in total. The van der Waals surface area contributed by atoms with Gasteiger partial charge in [-0.15, -0.1) is 0 Å². The van der Waals surface area contributed by atoms with Crippen molar-refractivity contribution >= 4 is 15.9 Å². The van der Waals surface area contributed by atoms with Crippen molar-refractivity contribution < 1.29 is 9.47 Å². The Morgan fingerprint density at radius 2 is 1.90 bits per heavy atom. The van der Waals surface area contributed by atoms with Gasteiger partial charge in [-0.05, 0) is 46.7 Å². The van der Waals surface area contributed by atoms with Crippen LogP contribution in [0.1, 0.15) is 11.7 Å². The van der Waals surface area contributed by atoms with Gasteiger partial charge in [0.05, 0.1) is 11.6 Å². The largest absolute Gasteiger partial charge is 0.497 e. The number of hydrogen-bond donors (Lipinski definition) is 1. The van der Waals surface area contributed by atoms with Crippen LogP contribution in [0.15, 0.2) is 53.0 Å². The zero-order chi connectivity index (χ0) is 14.4. The molecule has 2 aromatic carbocycles. The fourth-order valence-corrected chi connectivity index (χ4v) is 2.39. The average molecular weight is 336 g/mol. The molecule has 4 heteroatoms. The highest BCUT2D eigenvalue weighted by atomic mass is 79.9. The molecule has 0 bridgehead atoms. The SMILES string of the molecule is CNCC(Oc1ccc(OC)cc1Br)c1ccccc1. The Morgan fingerprint density at radius 3 is 2.50 bits per heavy atom. The molecule has 0 aliphatic rings. The molecule has 0 aliphatic heterocycles. The monoisotopic (exact) mass is 335 g/mol. The summed E-state index contributed by atoms with van der Waals surface area (Å²) in [5, 5.41) is 3.16. The lowest BCUT2D eigenvalue weighted by Crippen LogP contribution is -2.22. The minimum atomic E-state index is -0.0362. The number of methoxy groups -OCH3 is 1. The molecule has 0 fully saturated rings. The van der Waals surface area contributed by atoms with E-state index in [4.69, 9.17) is 9.47 Å². The highest BCUT2D eigenvalue weighted by Gasteiger charge is 2.14. The number of ether oxygens (including phenoxy) is 2. The summed E-state index contributed by atoms with van der Waals surface area (Å²) in [4.78, 5) is 0. The van der Waals surface area contributed by atoms with Crippen molar-refractivity contribution in [3.63, 3.8) is 0 Å². The first-order valence-corrected chi connectivity index (χ1v) is 7.23. The summed E-state index contributed by atoms with van der Waals surface area (Å²) in [6, 6.07) is 15.9. The Labute approximate surface area is 128 Å². The van der Waals surface area contributed by atoms with E-state index in [0.717, 1.165) is 28.1 Å². The van der Waals surface area contributed by atoms with E-state index < -0.39 is 0 Å². The standard InChI is InChI=1S/C16H18BrNO2/c1-18-11-16(12-6-4-3-5-7-12)20-15-9-8-13(19-2)10-14(15)17/h3-10,16,18H,11H2,1-2H3. The van der Waals surface area contributed by atoms with Crippen LogP contribution in [0.3, 0.4) is 0 Å². The lowest BCUT2D eigenvalue weighted by Gasteiger charge is -2.20. The van der Waals surface area contributed by atoms with Crippen molar-refractivity contribution in [2.24, 2.45) is 0 Å². The van der Waals surface area contributed by atoms with Gasteiger partial charge in [0.2, 0.25) is 0 Å². The Bertz CT molecular complexity index is 545. The van der Waals surface area contributed by atoms with E-state index in [1.807, 2.05) is 43.4 Å². The van der Waals surface area contributed by atoms with Gasteiger partial charge in [0.25, 0.3) is 0 Å². The summed E-state index contributed by atoms with van der Waals surface area (Å²) in [6.45, 7) is 0.739. The van der Waals surface area contributed by atoms with E-state index >= 15 is 0 Å². The third kappa shape index (κ3) is 3.74. The van der Waals surface area contributed by atoms with Crippen molar-refractivity contribution in [1.82, 2.24) is 5.32 Å². The molecule has 106 valence electrons. The third-order valence-corrected chi connectivity index (χ3v) is 3.59. The second-order valence-electron chi connectivity index (χ2n) is 4.37. The first-order chi connectivity index (χ1) is 9.74. The number of nitrogens with one attached hydrogen (secondary N) is 1. The van der Waals surface area contributed by atoms with Crippen molar-refractivity contribution in [3.05, 3.63) is 58.6 Å². The van der Waals surface area contributed by atoms with Gasteiger partial charge in [-0.2, -0.15) is 0 Å². The number of halogens is 1.